The average Bonchev–Trinajstić information content (AvgIpc) is 1.88. The summed E-state index contributed by atoms with van der Waals surface area (Å²) in [6.45, 7) is 0. The zero-order valence-corrected chi connectivity index (χ0v) is 5.62. The molecule has 0 aliphatic rings. The van der Waals surface area contributed by atoms with Gasteiger partial charge in [0.25, 0.3) is 4.92 Å². The average molecular weight is 160 g/mol. The summed E-state index contributed by atoms with van der Waals surface area (Å²) in [5, 5.41) is 8.34. The zero-order valence-electron chi connectivity index (χ0n) is 4.86. The first-order chi connectivity index (χ1) is 4.72. The van der Waals surface area contributed by atoms with Crippen LogP contribution >= 0.6 is 11.6 Å². The van der Waals surface area contributed by atoms with E-state index in [9.17, 15) is 4.91 Å². The minimum Gasteiger partial charge on any atom is -0.241 e. The number of rotatable bonds is 1. The summed E-state index contributed by atoms with van der Waals surface area (Å²) >= 11 is 5.41. The molecule has 0 saturated heterocycles. The van der Waals surface area contributed by atoms with Gasteiger partial charge < -0.3 is 0 Å². The van der Waals surface area contributed by atoms with Gasteiger partial charge in [-0.2, -0.15) is 0 Å². The van der Waals surface area contributed by atoms with Gasteiger partial charge in [0.2, 0.25) is 5.15 Å². The monoisotopic (exact) mass is 159 g/mol. The van der Waals surface area contributed by atoms with E-state index in [1.165, 1.54) is 18.3 Å². The summed E-state index contributed by atoms with van der Waals surface area (Å²) in [4.78, 5) is 13.5. The number of aromatic nitrogens is 1. The van der Waals surface area contributed by atoms with Crippen LogP contribution in [0.5, 0.6) is 0 Å². The summed E-state index contributed by atoms with van der Waals surface area (Å²) in [5.41, 5.74) is -0.0517. The van der Waals surface area contributed by atoms with Crippen LogP contribution in [0, 0.1) is 4.91 Å². The van der Waals surface area contributed by atoms with Crippen LogP contribution in [0.1, 0.15) is 0 Å². The van der Waals surface area contributed by atoms with Crippen LogP contribution in [0.3, 0.4) is 0 Å². The van der Waals surface area contributed by atoms with Gasteiger partial charge in [0, 0.05) is 12.3 Å². The quantitative estimate of drug-likeness (QED) is 0.500. The maximum Gasteiger partial charge on any atom is 0.353 e. The molecule has 1 aromatic rings. The van der Waals surface area contributed by atoms with Crippen LogP contribution in [-0.2, 0) is 0 Å². The molecule has 0 amide bonds. The maximum absolute atomic E-state index is 10.2. The summed E-state index contributed by atoms with van der Waals surface area (Å²) in [7, 11) is 0. The lowest BCUT2D eigenvalue weighted by Gasteiger charge is -1.84. The molecule has 0 aromatic carbocycles. The number of nitrogens with zero attached hydrogens (tertiary/aromatic N) is 2. The first kappa shape index (κ1) is 6.95. The van der Waals surface area contributed by atoms with E-state index in [-0.39, 0.29) is 15.8 Å². The van der Waals surface area contributed by atoms with Crippen molar-refractivity contribution in [1.29, 1.82) is 0 Å². The predicted octanol–water partition coefficient (Wildman–Crippen LogP) is 1.53. The third-order valence-corrected chi connectivity index (χ3v) is 1.24. The van der Waals surface area contributed by atoms with Crippen molar-refractivity contribution in [3.63, 3.8) is 0 Å². The highest BCUT2D eigenvalue weighted by Crippen LogP contribution is 2.18. The lowest BCUT2D eigenvalue weighted by molar-refractivity contribution is -0.729. The van der Waals surface area contributed by atoms with E-state index >= 15 is 0 Å². The van der Waals surface area contributed by atoms with Crippen molar-refractivity contribution in [1.82, 2.24) is 4.98 Å². The largest absolute Gasteiger partial charge is 0.353 e. The zero-order chi connectivity index (χ0) is 7.56. The molecule has 0 unspecified atom stereocenters. The minimum atomic E-state index is -0.324. The van der Waals surface area contributed by atoms with Crippen LogP contribution in [0.25, 0.3) is 0 Å². The third-order valence-electron chi connectivity index (χ3n) is 0.945. The smallest absolute Gasteiger partial charge is 0.241 e. The lowest BCUT2D eigenvalue weighted by atomic mass is 10.4. The van der Waals surface area contributed by atoms with Crippen LogP contribution in [0.2, 0.25) is 5.15 Å². The van der Waals surface area contributed by atoms with Gasteiger partial charge in [-0.05, 0) is 6.07 Å². The van der Waals surface area contributed by atoms with E-state index in [0.717, 1.165) is 0 Å². The van der Waals surface area contributed by atoms with Gasteiger partial charge in [0.1, 0.15) is 0 Å². The normalized spacial score (nSPS) is 9.30. The Kier molecular flexibility index (Phi) is 1.82. The first-order valence-corrected chi connectivity index (χ1v) is 2.86. The molecule has 0 atom stereocenters. The van der Waals surface area contributed by atoms with E-state index in [1.54, 1.807) is 0 Å². The molecule has 1 aromatic heterocycles. The van der Waals surface area contributed by atoms with Crippen molar-refractivity contribution in [2.75, 3.05) is 0 Å². The molecule has 0 bridgehead atoms. The van der Waals surface area contributed by atoms with Crippen molar-refractivity contribution < 1.29 is 10.1 Å². The Hall–Kier alpha value is -1.16. The van der Waals surface area contributed by atoms with Crippen molar-refractivity contribution >= 4 is 17.3 Å². The second-order valence-electron chi connectivity index (χ2n) is 1.59. The summed E-state index contributed by atoms with van der Waals surface area (Å²) < 4.78 is 0. The Balaban J connectivity index is 3.15. The van der Waals surface area contributed by atoms with Crippen molar-refractivity contribution in [2.24, 2.45) is 0 Å². The van der Waals surface area contributed by atoms with E-state index in [0.29, 0.717) is 0 Å². The van der Waals surface area contributed by atoms with Crippen LogP contribution in [0.4, 0.5) is 5.69 Å². The van der Waals surface area contributed by atoms with Gasteiger partial charge in [-0.3, -0.25) is 0 Å². The number of pyridine rings is 1. The van der Waals surface area contributed by atoms with Crippen molar-refractivity contribution in [3.8, 4) is 0 Å². The van der Waals surface area contributed by atoms with Crippen LogP contribution in [-0.4, -0.2) is 15.1 Å². The second-order valence-corrected chi connectivity index (χ2v) is 1.94. The molecule has 0 fully saturated rings. The molecule has 5 heteroatoms. The SMILES string of the molecule is O=[N+](O)c1cccnc1Cl. The van der Waals surface area contributed by atoms with Crippen LogP contribution < -0.4 is 0 Å². The van der Waals surface area contributed by atoms with Gasteiger partial charge in [0.05, 0.1) is 4.91 Å². The van der Waals surface area contributed by atoms with Gasteiger partial charge >= 0.3 is 5.69 Å². The second kappa shape index (κ2) is 2.62. The number of hydrogen-bond acceptors (Lipinski definition) is 2. The van der Waals surface area contributed by atoms with Gasteiger partial charge in [0.15, 0.2) is 0 Å². The van der Waals surface area contributed by atoms with E-state index in [4.69, 9.17) is 16.8 Å². The summed E-state index contributed by atoms with van der Waals surface area (Å²) in [5.74, 6) is 0. The third kappa shape index (κ3) is 1.22. The van der Waals surface area contributed by atoms with Gasteiger partial charge in [-0.25, -0.2) is 10.2 Å². The fraction of sp³-hybridized carbons (Fsp3) is 0. The van der Waals surface area contributed by atoms with Crippen molar-refractivity contribution in [2.45, 2.75) is 0 Å². The Morgan fingerprint density at radius 2 is 2.40 bits per heavy atom. The molecule has 0 aliphatic carbocycles. The molecule has 0 saturated carbocycles. The summed E-state index contributed by atoms with van der Waals surface area (Å²) in [6.07, 6.45) is 1.43. The lowest BCUT2D eigenvalue weighted by Crippen LogP contribution is -1.92. The maximum atomic E-state index is 10.2. The Labute approximate surface area is 61.6 Å². The number of hydrogen-bond donors (Lipinski definition) is 1. The van der Waals surface area contributed by atoms with E-state index in [1.807, 2.05) is 0 Å². The van der Waals surface area contributed by atoms with Gasteiger partial charge in [-0.1, -0.05) is 11.6 Å². The van der Waals surface area contributed by atoms with Gasteiger partial charge in [-0.15, -0.1) is 0 Å². The minimum absolute atomic E-state index is 0.0139. The van der Waals surface area contributed by atoms with Crippen molar-refractivity contribution in [3.05, 3.63) is 28.4 Å². The fourth-order valence-corrected chi connectivity index (χ4v) is 0.712. The Morgan fingerprint density at radius 3 is 2.80 bits per heavy atom. The van der Waals surface area contributed by atoms with E-state index in [2.05, 4.69) is 4.98 Å². The first-order valence-electron chi connectivity index (χ1n) is 2.48. The molecule has 0 radical (unpaired) electrons. The molecular weight excluding hydrogens is 156 g/mol. The number of halogens is 1. The molecule has 1 heterocycles. The standard InChI is InChI=1S/C5H4ClN2O2/c6-5-4(8(9)10)2-1-3-7-5/h1-3H,(H,9,10)/q+1. The topological polar surface area (TPSA) is 53.2 Å². The Morgan fingerprint density at radius 1 is 1.70 bits per heavy atom. The van der Waals surface area contributed by atoms with Crippen LogP contribution in [0.15, 0.2) is 18.3 Å². The molecule has 4 nitrogen and oxygen atoms in total. The molecule has 52 valence electrons. The molecule has 1 N–H and O–H groups in total. The Bertz CT molecular complexity index is 264. The fourth-order valence-electron chi connectivity index (χ4n) is 0.520. The highest BCUT2D eigenvalue weighted by atomic mass is 35.5. The highest BCUT2D eigenvalue weighted by molar-refractivity contribution is 6.31. The molecule has 0 aliphatic heterocycles. The van der Waals surface area contributed by atoms with E-state index < -0.39 is 0 Å². The highest BCUT2D eigenvalue weighted by Gasteiger charge is 2.16. The molecule has 0 spiro atoms. The summed E-state index contributed by atoms with van der Waals surface area (Å²) in [6, 6.07) is 2.87. The predicted molar refractivity (Wildman–Crippen MR) is 34.3 cm³/mol. The molecule has 1 rings (SSSR count). The molecular formula is C5H4ClN2O2+. The molecule has 10 heavy (non-hydrogen) atoms.